The van der Waals surface area contributed by atoms with Crippen molar-refractivity contribution in [3.05, 3.63) is 112 Å². The van der Waals surface area contributed by atoms with Gasteiger partial charge in [0.2, 0.25) is 0 Å². The molecule has 0 N–H and O–H groups in total. The van der Waals surface area contributed by atoms with E-state index in [1.807, 2.05) is 30.3 Å². The van der Waals surface area contributed by atoms with Gasteiger partial charge in [-0.2, -0.15) is 0 Å². The van der Waals surface area contributed by atoms with Gasteiger partial charge in [0, 0.05) is 24.0 Å². The Morgan fingerprint density at radius 3 is 2.45 bits per heavy atom. The Hall–Kier alpha value is -3.93. The van der Waals surface area contributed by atoms with E-state index in [0.29, 0.717) is 16.7 Å². The first-order chi connectivity index (χ1) is 15.1. The molecule has 6 heteroatoms. The number of methoxy groups -OCH3 is 1. The molecule has 5 nitrogen and oxygen atoms in total. The van der Waals surface area contributed by atoms with Crippen molar-refractivity contribution in [1.82, 2.24) is 4.90 Å². The molecule has 0 bridgehead atoms. The fourth-order valence-corrected chi connectivity index (χ4v) is 3.43. The fraction of sp³-hybridized carbons (Fsp3) is 0.120. The van der Waals surface area contributed by atoms with Crippen molar-refractivity contribution in [2.75, 3.05) is 7.11 Å². The predicted molar refractivity (Wildman–Crippen MR) is 115 cm³/mol. The Balaban J connectivity index is 1.75. The molecule has 0 unspecified atom stereocenters. The van der Waals surface area contributed by atoms with Gasteiger partial charge in [0.1, 0.15) is 11.4 Å². The van der Waals surface area contributed by atoms with Crippen molar-refractivity contribution in [1.29, 1.82) is 0 Å². The number of hydrogen-bond donors (Lipinski definition) is 0. The quantitative estimate of drug-likeness (QED) is 0.424. The molecule has 1 amide bonds. The lowest BCUT2D eigenvalue weighted by molar-refractivity contribution is 0.0724. The summed E-state index contributed by atoms with van der Waals surface area (Å²) in [6.07, 6.45) is 0. The van der Waals surface area contributed by atoms with Crippen LogP contribution in [0.15, 0.2) is 88.1 Å². The Morgan fingerprint density at radius 1 is 0.968 bits per heavy atom. The van der Waals surface area contributed by atoms with Crippen molar-refractivity contribution < 1.29 is 18.3 Å². The molecule has 31 heavy (non-hydrogen) atoms. The zero-order valence-corrected chi connectivity index (χ0v) is 16.9. The lowest BCUT2D eigenvalue weighted by atomic mass is 10.1. The average molecular weight is 417 g/mol. The second kappa shape index (κ2) is 8.83. The zero-order valence-electron chi connectivity index (χ0n) is 16.9. The van der Waals surface area contributed by atoms with Crippen molar-refractivity contribution in [3.8, 4) is 5.75 Å². The van der Waals surface area contributed by atoms with Gasteiger partial charge in [0.15, 0.2) is 11.3 Å². The van der Waals surface area contributed by atoms with E-state index in [9.17, 15) is 14.0 Å². The van der Waals surface area contributed by atoms with Crippen LogP contribution in [0.5, 0.6) is 5.75 Å². The summed E-state index contributed by atoms with van der Waals surface area (Å²) in [7, 11) is 1.48. The van der Waals surface area contributed by atoms with E-state index in [-0.39, 0.29) is 24.2 Å². The van der Waals surface area contributed by atoms with Crippen LogP contribution in [0.3, 0.4) is 0 Å². The maximum absolute atomic E-state index is 14.3. The number of fused-ring (bicyclic) bond motifs is 1. The van der Waals surface area contributed by atoms with Gasteiger partial charge in [-0.1, -0.05) is 60.7 Å². The maximum Gasteiger partial charge on any atom is 0.349 e. The van der Waals surface area contributed by atoms with Gasteiger partial charge in [-0.25, -0.2) is 9.18 Å². The molecular weight excluding hydrogens is 397 g/mol. The third-order valence-corrected chi connectivity index (χ3v) is 5.00. The molecule has 0 spiro atoms. The highest BCUT2D eigenvalue weighted by Gasteiger charge is 2.23. The second-order valence-electron chi connectivity index (χ2n) is 7.06. The standard InChI is InChI=1S/C25H20FNO4/c1-30-22-13-7-11-18-14-20(25(29)31-23(18)22)24(28)27(15-17-8-3-2-4-9-17)16-19-10-5-6-12-21(19)26/h2-14H,15-16H2,1H3. The number of nitrogens with zero attached hydrogens (tertiary/aromatic N) is 1. The molecular formula is C25H20FNO4. The van der Waals surface area contributed by atoms with E-state index < -0.39 is 17.3 Å². The van der Waals surface area contributed by atoms with E-state index in [1.54, 1.807) is 36.4 Å². The summed E-state index contributed by atoms with van der Waals surface area (Å²) in [5.74, 6) is -0.546. The summed E-state index contributed by atoms with van der Waals surface area (Å²) < 4.78 is 24.9. The largest absolute Gasteiger partial charge is 0.493 e. The van der Waals surface area contributed by atoms with Crippen LogP contribution in [-0.4, -0.2) is 17.9 Å². The number of carbonyl (C=O) groups is 1. The lowest BCUT2D eigenvalue weighted by Crippen LogP contribution is -2.33. The number of hydrogen-bond acceptors (Lipinski definition) is 4. The molecule has 4 aromatic rings. The molecule has 4 rings (SSSR count). The van der Waals surface area contributed by atoms with Gasteiger partial charge >= 0.3 is 5.63 Å². The third-order valence-electron chi connectivity index (χ3n) is 5.00. The highest BCUT2D eigenvalue weighted by Crippen LogP contribution is 2.25. The Bertz CT molecular complexity index is 1280. The van der Waals surface area contributed by atoms with Gasteiger partial charge < -0.3 is 14.1 Å². The summed E-state index contributed by atoms with van der Waals surface area (Å²) in [6, 6.07) is 22.2. The van der Waals surface area contributed by atoms with Crippen LogP contribution in [-0.2, 0) is 13.1 Å². The molecule has 0 radical (unpaired) electrons. The summed E-state index contributed by atoms with van der Waals surface area (Å²) >= 11 is 0. The van der Waals surface area contributed by atoms with Gasteiger partial charge in [0.05, 0.1) is 7.11 Å². The highest BCUT2D eigenvalue weighted by atomic mass is 19.1. The van der Waals surface area contributed by atoms with Crippen LogP contribution in [0.4, 0.5) is 4.39 Å². The van der Waals surface area contributed by atoms with Crippen molar-refractivity contribution in [2.24, 2.45) is 0 Å². The highest BCUT2D eigenvalue weighted by molar-refractivity contribution is 5.97. The molecule has 1 heterocycles. The molecule has 3 aromatic carbocycles. The van der Waals surface area contributed by atoms with Crippen LogP contribution in [0.2, 0.25) is 0 Å². The zero-order chi connectivity index (χ0) is 21.8. The molecule has 0 aliphatic heterocycles. The summed E-state index contributed by atoms with van der Waals surface area (Å²) in [4.78, 5) is 27.5. The van der Waals surface area contributed by atoms with Crippen LogP contribution >= 0.6 is 0 Å². The van der Waals surface area contributed by atoms with Crippen LogP contribution < -0.4 is 10.4 Å². The van der Waals surface area contributed by atoms with E-state index in [1.165, 1.54) is 24.1 Å². The first-order valence-corrected chi connectivity index (χ1v) is 9.74. The Kier molecular flexibility index (Phi) is 5.80. The topological polar surface area (TPSA) is 59.8 Å². The SMILES string of the molecule is COc1cccc2cc(C(=O)N(Cc3ccccc3)Cc3ccccc3F)c(=O)oc12. The molecule has 0 fully saturated rings. The van der Waals surface area contributed by atoms with Crippen LogP contribution in [0.25, 0.3) is 11.0 Å². The van der Waals surface area contributed by atoms with E-state index in [0.717, 1.165) is 5.56 Å². The van der Waals surface area contributed by atoms with E-state index in [4.69, 9.17) is 9.15 Å². The Labute approximate surface area is 178 Å². The van der Waals surface area contributed by atoms with Gasteiger partial charge in [0.25, 0.3) is 5.91 Å². The van der Waals surface area contributed by atoms with Crippen molar-refractivity contribution in [3.63, 3.8) is 0 Å². The second-order valence-corrected chi connectivity index (χ2v) is 7.06. The summed E-state index contributed by atoms with van der Waals surface area (Å²) in [6.45, 7) is 0.222. The number of ether oxygens (including phenoxy) is 1. The number of para-hydroxylation sites is 1. The van der Waals surface area contributed by atoms with Gasteiger partial charge in [-0.05, 0) is 23.8 Å². The molecule has 0 aliphatic carbocycles. The van der Waals surface area contributed by atoms with E-state index in [2.05, 4.69) is 0 Å². The minimum atomic E-state index is -0.770. The van der Waals surface area contributed by atoms with Crippen molar-refractivity contribution in [2.45, 2.75) is 13.1 Å². The number of carbonyl (C=O) groups excluding carboxylic acids is 1. The first-order valence-electron chi connectivity index (χ1n) is 9.74. The minimum absolute atomic E-state index is 0.00991. The smallest absolute Gasteiger partial charge is 0.349 e. The molecule has 0 saturated carbocycles. The first kappa shape index (κ1) is 20.3. The minimum Gasteiger partial charge on any atom is -0.493 e. The number of rotatable bonds is 6. The van der Waals surface area contributed by atoms with Crippen LogP contribution in [0.1, 0.15) is 21.5 Å². The normalized spacial score (nSPS) is 10.8. The molecule has 0 saturated heterocycles. The number of benzene rings is 3. The monoisotopic (exact) mass is 417 g/mol. The molecule has 0 aliphatic rings. The van der Waals surface area contributed by atoms with Crippen molar-refractivity contribution >= 4 is 16.9 Å². The summed E-state index contributed by atoms with van der Waals surface area (Å²) in [5, 5.41) is 0.563. The molecule has 1 aromatic heterocycles. The third kappa shape index (κ3) is 4.33. The maximum atomic E-state index is 14.3. The lowest BCUT2D eigenvalue weighted by Gasteiger charge is -2.23. The molecule has 156 valence electrons. The predicted octanol–water partition coefficient (Wildman–Crippen LogP) is 4.78. The summed E-state index contributed by atoms with van der Waals surface area (Å²) in [5.41, 5.74) is 0.606. The van der Waals surface area contributed by atoms with Gasteiger partial charge in [-0.3, -0.25) is 4.79 Å². The number of amides is 1. The molecule has 0 atom stereocenters. The van der Waals surface area contributed by atoms with Gasteiger partial charge in [-0.15, -0.1) is 0 Å². The van der Waals surface area contributed by atoms with Crippen LogP contribution in [0, 0.1) is 5.82 Å². The number of halogens is 1. The fourth-order valence-electron chi connectivity index (χ4n) is 3.43. The van der Waals surface area contributed by atoms with E-state index >= 15 is 0 Å². The Morgan fingerprint density at radius 2 is 1.71 bits per heavy atom. The average Bonchev–Trinajstić information content (AvgIpc) is 2.79.